The minimum atomic E-state index is -0.473. The number of aromatic nitrogens is 6. The third-order valence-corrected chi connectivity index (χ3v) is 6.88. The van der Waals surface area contributed by atoms with Crippen LogP contribution in [0.3, 0.4) is 0 Å². The average molecular weight is 698 g/mol. The lowest BCUT2D eigenvalue weighted by Gasteiger charge is -2.20. The summed E-state index contributed by atoms with van der Waals surface area (Å²) in [4.78, 5) is 39.4. The Balaban J connectivity index is 0.00000176. The van der Waals surface area contributed by atoms with Gasteiger partial charge in [-0.3, -0.25) is 9.78 Å². The van der Waals surface area contributed by atoms with Crippen LogP contribution in [0.25, 0.3) is 22.1 Å². The Morgan fingerprint density at radius 3 is 1.93 bits per heavy atom. The van der Waals surface area contributed by atoms with Gasteiger partial charge in [0.05, 0.1) is 34.3 Å². The molecule has 4 aromatic heterocycles. The molecule has 0 saturated carbocycles. The third-order valence-electron chi connectivity index (χ3n) is 6.88. The summed E-state index contributed by atoms with van der Waals surface area (Å²) >= 11 is 0. The molecule has 0 radical (unpaired) electrons. The zero-order valence-corrected chi connectivity index (χ0v) is 27.2. The first kappa shape index (κ1) is 37.4. The molecule has 0 aliphatic carbocycles. The first-order chi connectivity index (χ1) is 20.1. The van der Waals surface area contributed by atoms with E-state index in [0.717, 1.165) is 59.6 Å². The maximum atomic E-state index is 13.8. The molecule has 3 N–H and O–H groups in total. The number of hydrogen-bond donors (Lipinski definition) is 3. The Bertz CT molecular complexity index is 1650. The molecule has 0 unspecified atom stereocenters. The Hall–Kier alpha value is -3.74. The molecule has 0 atom stereocenters. The summed E-state index contributed by atoms with van der Waals surface area (Å²) in [6.45, 7) is 2.17. The van der Waals surface area contributed by atoms with Crippen LogP contribution in [0.2, 0.25) is 0 Å². The number of carbonyl (C=O) groups excluding carboxylic acids is 1. The standard InChI is InChI=1S/C30H29FN8O2.4ClH/c31-20-6-5-14-32-25(20)18-33-30(40)26-19-41-29(38-26)13-17-39(15-11-27-34-21-7-1-2-8-22(21)35-27)16-12-28-36-23-9-3-4-10-24(23)37-28;;;;/h1-10,14,19H,11-13,15-18H2,(H,33,40)(H,34,35)(H,36,37);4*1H. The van der Waals surface area contributed by atoms with E-state index in [9.17, 15) is 9.18 Å². The zero-order valence-electron chi connectivity index (χ0n) is 23.9. The normalized spacial score (nSPS) is 10.5. The highest BCUT2D eigenvalue weighted by atomic mass is 35.5. The Morgan fingerprint density at radius 2 is 1.36 bits per heavy atom. The number of H-pyrrole nitrogens is 2. The summed E-state index contributed by atoms with van der Waals surface area (Å²) in [5.41, 5.74) is 4.25. The second-order valence-electron chi connectivity index (χ2n) is 9.73. The fourth-order valence-corrected chi connectivity index (χ4v) is 4.70. The molecule has 45 heavy (non-hydrogen) atoms. The van der Waals surface area contributed by atoms with Crippen molar-refractivity contribution in [1.82, 2.24) is 40.1 Å². The molecule has 0 fully saturated rings. The predicted molar refractivity (Wildman–Crippen MR) is 181 cm³/mol. The van der Waals surface area contributed by atoms with Crippen LogP contribution in [0.1, 0.15) is 33.7 Å². The molecule has 0 saturated heterocycles. The summed E-state index contributed by atoms with van der Waals surface area (Å²) in [6.07, 6.45) is 4.82. The van der Waals surface area contributed by atoms with Crippen LogP contribution in [0.15, 0.2) is 77.5 Å². The van der Waals surface area contributed by atoms with E-state index >= 15 is 0 Å². The summed E-state index contributed by atoms with van der Waals surface area (Å²) in [7, 11) is 0. The maximum Gasteiger partial charge on any atom is 0.273 e. The number of benzene rings is 2. The van der Waals surface area contributed by atoms with Gasteiger partial charge in [0, 0.05) is 45.1 Å². The second-order valence-corrected chi connectivity index (χ2v) is 9.73. The molecule has 6 rings (SSSR count). The zero-order chi connectivity index (χ0) is 28.0. The van der Waals surface area contributed by atoms with Crippen LogP contribution in [0.5, 0.6) is 0 Å². The average Bonchev–Trinajstić information content (AvgIpc) is 3.74. The Morgan fingerprint density at radius 1 is 0.778 bits per heavy atom. The van der Waals surface area contributed by atoms with Gasteiger partial charge in [0.15, 0.2) is 11.6 Å². The van der Waals surface area contributed by atoms with Gasteiger partial charge >= 0.3 is 0 Å². The molecule has 1 amide bonds. The van der Waals surface area contributed by atoms with Crippen molar-refractivity contribution in [1.29, 1.82) is 0 Å². The van der Waals surface area contributed by atoms with Crippen LogP contribution in [-0.2, 0) is 25.8 Å². The van der Waals surface area contributed by atoms with Crippen molar-refractivity contribution < 1.29 is 13.6 Å². The quantitative estimate of drug-likeness (QED) is 0.145. The number of halogens is 5. The van der Waals surface area contributed by atoms with Crippen molar-refractivity contribution in [2.24, 2.45) is 0 Å². The topological polar surface area (TPSA) is 129 Å². The van der Waals surface area contributed by atoms with E-state index in [2.05, 4.69) is 30.2 Å². The molecular weight excluding hydrogens is 665 g/mol. The van der Waals surface area contributed by atoms with Gasteiger partial charge in [0.1, 0.15) is 23.7 Å². The van der Waals surface area contributed by atoms with Crippen LogP contribution in [-0.4, -0.2) is 60.3 Å². The minimum Gasteiger partial charge on any atom is -0.448 e. The number of nitrogens with zero attached hydrogens (tertiary/aromatic N) is 5. The van der Waals surface area contributed by atoms with Crippen LogP contribution in [0.4, 0.5) is 4.39 Å². The number of para-hydroxylation sites is 4. The number of hydrogen-bond acceptors (Lipinski definition) is 7. The van der Waals surface area contributed by atoms with Gasteiger partial charge in [-0.15, -0.1) is 49.6 Å². The molecule has 0 bridgehead atoms. The minimum absolute atomic E-state index is 0. The lowest BCUT2D eigenvalue weighted by atomic mass is 10.3. The number of oxazole rings is 1. The third kappa shape index (κ3) is 9.62. The first-order valence-electron chi connectivity index (χ1n) is 13.5. The Kier molecular flexibility index (Phi) is 14.7. The van der Waals surface area contributed by atoms with E-state index in [1.807, 2.05) is 48.5 Å². The second kappa shape index (κ2) is 17.7. The molecule has 240 valence electrons. The summed E-state index contributed by atoms with van der Waals surface area (Å²) in [5, 5.41) is 2.64. The van der Waals surface area contributed by atoms with Crippen molar-refractivity contribution in [3.63, 3.8) is 0 Å². The van der Waals surface area contributed by atoms with Crippen molar-refractivity contribution in [3.05, 3.63) is 108 Å². The highest BCUT2D eigenvalue weighted by Gasteiger charge is 2.16. The number of imidazole rings is 2. The van der Waals surface area contributed by atoms with Gasteiger partial charge in [0.2, 0.25) is 0 Å². The van der Waals surface area contributed by atoms with Crippen molar-refractivity contribution in [2.45, 2.75) is 25.8 Å². The van der Waals surface area contributed by atoms with E-state index in [1.165, 1.54) is 24.6 Å². The van der Waals surface area contributed by atoms with Crippen molar-refractivity contribution in [3.8, 4) is 0 Å². The molecule has 2 aromatic carbocycles. The molecule has 4 heterocycles. The smallest absolute Gasteiger partial charge is 0.273 e. The van der Waals surface area contributed by atoms with E-state index in [1.54, 1.807) is 0 Å². The number of fused-ring (bicyclic) bond motifs is 2. The molecule has 10 nitrogen and oxygen atoms in total. The molecule has 0 aliphatic rings. The fourth-order valence-electron chi connectivity index (χ4n) is 4.70. The largest absolute Gasteiger partial charge is 0.448 e. The number of carbonyl (C=O) groups is 1. The van der Waals surface area contributed by atoms with Gasteiger partial charge in [0.25, 0.3) is 5.91 Å². The van der Waals surface area contributed by atoms with E-state index < -0.39 is 11.7 Å². The number of amides is 1. The van der Waals surface area contributed by atoms with Crippen LogP contribution >= 0.6 is 49.6 Å². The van der Waals surface area contributed by atoms with Crippen molar-refractivity contribution in [2.75, 3.05) is 19.6 Å². The van der Waals surface area contributed by atoms with Crippen LogP contribution < -0.4 is 5.32 Å². The van der Waals surface area contributed by atoms with Gasteiger partial charge in [-0.1, -0.05) is 24.3 Å². The Labute approximate surface area is 283 Å². The predicted octanol–water partition coefficient (Wildman–Crippen LogP) is 5.91. The van der Waals surface area contributed by atoms with E-state index in [-0.39, 0.29) is 67.6 Å². The first-order valence-corrected chi connectivity index (χ1v) is 13.5. The van der Waals surface area contributed by atoms with E-state index in [4.69, 9.17) is 14.4 Å². The van der Waals surface area contributed by atoms with Gasteiger partial charge in [-0.05, 0) is 36.4 Å². The monoisotopic (exact) mass is 696 g/mol. The number of rotatable bonds is 12. The number of pyridine rings is 1. The van der Waals surface area contributed by atoms with Crippen LogP contribution in [0, 0.1) is 5.82 Å². The number of nitrogens with one attached hydrogen (secondary N) is 3. The summed E-state index contributed by atoms with van der Waals surface area (Å²) in [6, 6.07) is 18.8. The molecule has 0 spiro atoms. The summed E-state index contributed by atoms with van der Waals surface area (Å²) in [5.74, 6) is 1.39. The molecule has 6 aromatic rings. The lowest BCUT2D eigenvalue weighted by Crippen LogP contribution is -2.31. The van der Waals surface area contributed by atoms with Crippen molar-refractivity contribution >= 4 is 77.6 Å². The molecule has 0 aliphatic heterocycles. The van der Waals surface area contributed by atoms with Gasteiger partial charge in [-0.25, -0.2) is 19.3 Å². The maximum absolute atomic E-state index is 13.8. The number of aromatic amines is 2. The SMILES string of the molecule is Cl.Cl.Cl.Cl.O=C(NCc1ncccc1F)c1coc(CCN(CCc2nc3ccccc3[nH]2)CCc2nc3ccccc3[nH]2)n1. The van der Waals surface area contributed by atoms with Gasteiger partial charge in [-0.2, -0.15) is 0 Å². The summed E-state index contributed by atoms with van der Waals surface area (Å²) < 4.78 is 19.4. The lowest BCUT2D eigenvalue weighted by molar-refractivity contribution is 0.0945. The van der Waals surface area contributed by atoms with Gasteiger partial charge < -0.3 is 24.6 Å². The highest BCUT2D eigenvalue weighted by Crippen LogP contribution is 2.14. The molecular formula is C30H33Cl4FN8O2. The molecule has 15 heteroatoms. The van der Waals surface area contributed by atoms with E-state index in [0.29, 0.717) is 18.9 Å². The highest BCUT2D eigenvalue weighted by molar-refractivity contribution is 5.91. The fraction of sp³-hybridized carbons (Fsp3) is 0.233.